The molecule has 112 valence electrons. The van der Waals surface area contributed by atoms with E-state index in [9.17, 15) is 4.79 Å². The molecule has 0 aliphatic rings. The molecule has 0 aliphatic carbocycles. The molecule has 0 bridgehead atoms. The van der Waals surface area contributed by atoms with E-state index in [2.05, 4.69) is 10.2 Å². The van der Waals surface area contributed by atoms with Gasteiger partial charge in [0.1, 0.15) is 5.69 Å². The number of nitrogens with two attached hydrogens (primary N) is 1. The molecule has 0 aliphatic heterocycles. The molecule has 1 aromatic carbocycles. The van der Waals surface area contributed by atoms with Crippen molar-refractivity contribution in [3.63, 3.8) is 0 Å². The molecule has 2 N–H and O–H groups in total. The Morgan fingerprint density at radius 3 is 2.38 bits per heavy atom. The molecular weight excluding hydrogens is 266 g/mol. The van der Waals surface area contributed by atoms with Crippen LogP contribution >= 0.6 is 0 Å². The summed E-state index contributed by atoms with van der Waals surface area (Å²) in [5, 5.41) is 8.18. The van der Waals surface area contributed by atoms with Gasteiger partial charge < -0.3 is 10.7 Å². The lowest BCUT2D eigenvalue weighted by atomic mass is 9.83. The van der Waals surface area contributed by atoms with Gasteiger partial charge in [0, 0.05) is 19.5 Å². The summed E-state index contributed by atoms with van der Waals surface area (Å²) in [4.78, 5) is 14.1. The molecule has 1 heterocycles. The van der Waals surface area contributed by atoms with Crippen LogP contribution in [-0.4, -0.2) is 29.0 Å². The minimum atomic E-state index is -0.447. The Labute approximate surface area is 124 Å². The molecule has 1 aromatic heterocycles. The van der Waals surface area contributed by atoms with Crippen LogP contribution in [0, 0.1) is 0 Å². The molecule has 0 amide bonds. The Bertz CT molecular complexity index is 676. The van der Waals surface area contributed by atoms with Gasteiger partial charge in [-0.15, -0.1) is 10.2 Å². The summed E-state index contributed by atoms with van der Waals surface area (Å²) in [6, 6.07) is 9.99. The fraction of sp³-hybridized carbons (Fsp3) is 0.400. The molecule has 0 spiro atoms. The highest BCUT2D eigenvalue weighted by molar-refractivity contribution is 5.29. The Morgan fingerprint density at radius 1 is 1.19 bits per heavy atom. The molecule has 2 rings (SSSR count). The van der Waals surface area contributed by atoms with E-state index in [0.29, 0.717) is 18.1 Å². The smallest absolute Gasteiger partial charge is 0.295 e. The first-order valence-electron chi connectivity index (χ1n) is 6.79. The molecule has 0 saturated heterocycles. The molecule has 6 nitrogen and oxygen atoms in total. The summed E-state index contributed by atoms with van der Waals surface area (Å²) in [5.74, 6) is 6.17. The van der Waals surface area contributed by atoms with Crippen LogP contribution in [0.25, 0.3) is 0 Å². The first-order valence-corrected chi connectivity index (χ1v) is 6.79. The van der Waals surface area contributed by atoms with Gasteiger partial charge in [-0.05, 0) is 12.0 Å². The fourth-order valence-corrected chi connectivity index (χ4v) is 2.31. The Kier molecular flexibility index (Phi) is 3.97. The van der Waals surface area contributed by atoms with Crippen molar-refractivity contribution in [2.75, 3.05) is 24.8 Å². The third kappa shape index (κ3) is 3.04. The van der Waals surface area contributed by atoms with Crippen LogP contribution in [0.4, 0.5) is 5.95 Å². The molecule has 0 fully saturated rings. The predicted molar refractivity (Wildman–Crippen MR) is 83.9 cm³/mol. The van der Waals surface area contributed by atoms with Crippen LogP contribution in [0.15, 0.2) is 35.1 Å². The van der Waals surface area contributed by atoms with Gasteiger partial charge in [-0.3, -0.25) is 4.79 Å². The van der Waals surface area contributed by atoms with Gasteiger partial charge in [-0.1, -0.05) is 44.2 Å². The molecule has 21 heavy (non-hydrogen) atoms. The maximum atomic E-state index is 12.4. The van der Waals surface area contributed by atoms with E-state index < -0.39 is 5.41 Å². The van der Waals surface area contributed by atoms with E-state index in [1.165, 1.54) is 0 Å². The van der Waals surface area contributed by atoms with Crippen molar-refractivity contribution in [1.82, 2.24) is 14.9 Å². The summed E-state index contributed by atoms with van der Waals surface area (Å²) in [7, 11) is 3.53. The number of hydrogen-bond donors (Lipinski definition) is 1. The molecule has 2 aromatic rings. The van der Waals surface area contributed by atoms with Gasteiger partial charge >= 0.3 is 0 Å². The van der Waals surface area contributed by atoms with Gasteiger partial charge in [-0.2, -0.15) is 4.68 Å². The van der Waals surface area contributed by atoms with E-state index in [4.69, 9.17) is 5.84 Å². The zero-order chi connectivity index (χ0) is 15.6. The zero-order valence-electron chi connectivity index (χ0n) is 12.9. The van der Waals surface area contributed by atoms with Gasteiger partial charge in [0.05, 0.1) is 0 Å². The zero-order valence-corrected chi connectivity index (χ0v) is 12.9. The Morgan fingerprint density at radius 2 is 1.81 bits per heavy atom. The van der Waals surface area contributed by atoms with Crippen molar-refractivity contribution < 1.29 is 0 Å². The lowest BCUT2D eigenvalue weighted by molar-refractivity contribution is 0.483. The van der Waals surface area contributed by atoms with Crippen molar-refractivity contribution in [2.24, 2.45) is 0 Å². The third-order valence-electron chi connectivity index (χ3n) is 3.41. The summed E-state index contributed by atoms with van der Waals surface area (Å²) in [5.41, 5.74) is 0.759. The number of benzene rings is 1. The molecule has 0 saturated carbocycles. The third-order valence-corrected chi connectivity index (χ3v) is 3.41. The molecule has 6 heteroatoms. The van der Waals surface area contributed by atoms with Gasteiger partial charge in [0.15, 0.2) is 0 Å². The number of hydrogen-bond acceptors (Lipinski definition) is 5. The van der Waals surface area contributed by atoms with Crippen LogP contribution in [0.3, 0.4) is 0 Å². The quantitative estimate of drug-likeness (QED) is 0.847. The minimum absolute atomic E-state index is 0.311. The largest absolute Gasteiger partial charge is 0.346 e. The molecule has 0 radical (unpaired) electrons. The summed E-state index contributed by atoms with van der Waals surface area (Å²) < 4.78 is 1.05. The van der Waals surface area contributed by atoms with Crippen LogP contribution in [0.2, 0.25) is 0 Å². The number of rotatable bonds is 4. The Hall–Kier alpha value is -2.37. The average molecular weight is 287 g/mol. The number of nitrogen functional groups attached to an aromatic ring is 1. The van der Waals surface area contributed by atoms with Crippen LogP contribution in [0.5, 0.6) is 0 Å². The van der Waals surface area contributed by atoms with Gasteiger partial charge in [0.25, 0.3) is 5.56 Å². The lowest BCUT2D eigenvalue weighted by Crippen LogP contribution is -2.41. The molecule has 0 atom stereocenters. The summed E-state index contributed by atoms with van der Waals surface area (Å²) in [6.45, 7) is 3.95. The van der Waals surface area contributed by atoms with Crippen molar-refractivity contribution in [3.8, 4) is 0 Å². The van der Waals surface area contributed by atoms with Crippen molar-refractivity contribution in [2.45, 2.75) is 25.7 Å². The second-order valence-electron chi connectivity index (χ2n) is 5.96. The van der Waals surface area contributed by atoms with E-state index in [-0.39, 0.29) is 5.56 Å². The topological polar surface area (TPSA) is 77.0 Å². The summed E-state index contributed by atoms with van der Waals surface area (Å²) >= 11 is 0. The van der Waals surface area contributed by atoms with Gasteiger partial charge in [-0.25, -0.2) is 0 Å². The van der Waals surface area contributed by atoms with Crippen LogP contribution in [0.1, 0.15) is 25.1 Å². The first-order chi connectivity index (χ1) is 9.83. The first kappa shape index (κ1) is 15.0. The molecular formula is C15H21N5O. The normalized spacial score (nSPS) is 11.4. The van der Waals surface area contributed by atoms with E-state index in [1.807, 2.05) is 44.2 Å². The maximum Gasteiger partial charge on any atom is 0.295 e. The second-order valence-corrected chi connectivity index (χ2v) is 5.96. The maximum absolute atomic E-state index is 12.4. The van der Waals surface area contributed by atoms with Crippen molar-refractivity contribution in [1.29, 1.82) is 0 Å². The number of nitrogens with zero attached hydrogens (tertiary/aromatic N) is 4. The van der Waals surface area contributed by atoms with Gasteiger partial charge in [0.2, 0.25) is 5.95 Å². The average Bonchev–Trinajstić information content (AvgIpc) is 2.41. The SMILES string of the molecule is CN(C)c1nnc(C(C)(C)Cc2ccccc2)c(=O)n1N. The Balaban J connectivity index is 2.41. The number of aromatic nitrogens is 3. The predicted octanol–water partition coefficient (Wildman–Crippen LogP) is 0.938. The monoisotopic (exact) mass is 287 g/mol. The number of anilines is 1. The highest BCUT2D eigenvalue weighted by atomic mass is 16.1. The fourth-order valence-electron chi connectivity index (χ4n) is 2.31. The standard InChI is InChI=1S/C15H21N5O/c1-15(2,10-11-8-6-5-7-9-11)12-13(21)20(16)14(18-17-12)19(3)4/h5-9H,10,16H2,1-4H3. The van der Waals surface area contributed by atoms with Crippen molar-refractivity contribution >= 4 is 5.95 Å². The van der Waals surface area contributed by atoms with E-state index in [1.54, 1.807) is 19.0 Å². The van der Waals surface area contributed by atoms with Crippen LogP contribution in [-0.2, 0) is 11.8 Å². The van der Waals surface area contributed by atoms with E-state index >= 15 is 0 Å². The van der Waals surface area contributed by atoms with E-state index in [0.717, 1.165) is 10.2 Å². The molecule has 0 unspecified atom stereocenters. The second kappa shape index (κ2) is 5.55. The lowest BCUT2D eigenvalue weighted by Gasteiger charge is -2.24. The summed E-state index contributed by atoms with van der Waals surface area (Å²) in [6.07, 6.45) is 0.694. The highest BCUT2D eigenvalue weighted by Crippen LogP contribution is 2.23. The van der Waals surface area contributed by atoms with Crippen LogP contribution < -0.4 is 16.3 Å². The van der Waals surface area contributed by atoms with Crippen molar-refractivity contribution in [3.05, 3.63) is 51.9 Å². The minimum Gasteiger partial charge on any atom is -0.346 e. The highest BCUT2D eigenvalue weighted by Gasteiger charge is 2.28.